The van der Waals surface area contributed by atoms with Crippen molar-refractivity contribution in [1.82, 2.24) is 20.2 Å². The lowest BCUT2D eigenvalue weighted by molar-refractivity contribution is 0.103. The molecule has 0 unspecified atom stereocenters. The summed E-state index contributed by atoms with van der Waals surface area (Å²) in [7, 11) is 0. The fourth-order valence-corrected chi connectivity index (χ4v) is 2.93. The predicted octanol–water partition coefficient (Wildman–Crippen LogP) is 2.88. The molecule has 0 aliphatic rings. The summed E-state index contributed by atoms with van der Waals surface area (Å²) in [4.78, 5) is 12.5. The van der Waals surface area contributed by atoms with Gasteiger partial charge in [0, 0.05) is 0 Å². The molecule has 3 aromatic rings. The summed E-state index contributed by atoms with van der Waals surface area (Å²) in [5.74, 6) is -0.908. The molecule has 0 radical (unpaired) electrons. The molecule has 3 rings (SSSR count). The minimum absolute atomic E-state index is 0.0672. The Morgan fingerprint density at radius 1 is 1.33 bits per heavy atom. The maximum Gasteiger partial charge on any atom is 0.265 e. The van der Waals surface area contributed by atoms with E-state index < -0.39 is 5.82 Å². The van der Waals surface area contributed by atoms with Crippen LogP contribution in [0.5, 0.6) is 0 Å². The summed E-state index contributed by atoms with van der Waals surface area (Å²) < 4.78 is 16.0. The van der Waals surface area contributed by atoms with Crippen molar-refractivity contribution < 1.29 is 9.18 Å². The van der Waals surface area contributed by atoms with Crippen molar-refractivity contribution in [1.29, 1.82) is 0 Å². The fraction of sp³-hybridized carbons (Fsp3) is 0. The number of rotatable bonds is 3. The standard InChI is InChI=1S/C12H7BrFN5OS/c13-11-4-3-10(21-11)12(20)16-9-5-7(1-2-8(9)14)19-6-15-17-18-19/h1-6H,(H,16,20). The monoisotopic (exact) mass is 367 g/mol. The van der Waals surface area contributed by atoms with E-state index in [-0.39, 0.29) is 11.6 Å². The molecule has 0 saturated carbocycles. The lowest BCUT2D eigenvalue weighted by Crippen LogP contribution is -2.12. The number of benzene rings is 1. The number of hydrogen-bond acceptors (Lipinski definition) is 5. The third kappa shape index (κ3) is 2.98. The quantitative estimate of drug-likeness (QED) is 0.772. The highest BCUT2D eigenvalue weighted by atomic mass is 79.9. The second-order valence-corrected chi connectivity index (χ2v) is 6.44. The Morgan fingerprint density at radius 2 is 2.19 bits per heavy atom. The first-order chi connectivity index (χ1) is 10.1. The molecule has 106 valence electrons. The van der Waals surface area contributed by atoms with E-state index in [9.17, 15) is 9.18 Å². The van der Waals surface area contributed by atoms with Crippen LogP contribution in [0, 0.1) is 5.82 Å². The molecule has 6 nitrogen and oxygen atoms in total. The third-order valence-corrected chi connectivity index (χ3v) is 4.23. The number of nitrogens with zero attached hydrogens (tertiary/aromatic N) is 4. The molecule has 0 aliphatic heterocycles. The smallest absolute Gasteiger partial charge is 0.265 e. The van der Waals surface area contributed by atoms with Gasteiger partial charge in [-0.05, 0) is 56.7 Å². The van der Waals surface area contributed by atoms with Crippen molar-refractivity contribution in [2.45, 2.75) is 0 Å². The number of carbonyl (C=O) groups is 1. The van der Waals surface area contributed by atoms with Crippen molar-refractivity contribution >= 4 is 38.9 Å². The van der Waals surface area contributed by atoms with Crippen LogP contribution in [-0.2, 0) is 0 Å². The van der Waals surface area contributed by atoms with Gasteiger partial charge < -0.3 is 5.32 Å². The number of thiophene rings is 1. The topological polar surface area (TPSA) is 72.7 Å². The molecule has 1 amide bonds. The van der Waals surface area contributed by atoms with E-state index in [2.05, 4.69) is 36.8 Å². The summed E-state index contributed by atoms with van der Waals surface area (Å²) >= 11 is 4.54. The molecular weight excluding hydrogens is 361 g/mol. The van der Waals surface area contributed by atoms with E-state index in [0.29, 0.717) is 10.6 Å². The number of halogens is 2. The molecule has 0 fully saturated rings. The molecular formula is C12H7BrFN5OS. The van der Waals surface area contributed by atoms with Gasteiger partial charge in [0.05, 0.1) is 20.0 Å². The Labute approximate surface area is 130 Å². The van der Waals surface area contributed by atoms with Crippen LogP contribution in [0.15, 0.2) is 40.4 Å². The third-order valence-electron chi connectivity index (χ3n) is 2.61. The molecule has 0 saturated heterocycles. The van der Waals surface area contributed by atoms with E-state index in [0.717, 1.165) is 3.79 Å². The van der Waals surface area contributed by atoms with Crippen molar-refractivity contribution in [2.24, 2.45) is 0 Å². The van der Waals surface area contributed by atoms with Crippen molar-refractivity contribution in [3.63, 3.8) is 0 Å². The molecule has 0 aliphatic carbocycles. The summed E-state index contributed by atoms with van der Waals surface area (Å²) in [5.41, 5.74) is 0.613. The Hall–Kier alpha value is -2.13. The van der Waals surface area contributed by atoms with E-state index >= 15 is 0 Å². The van der Waals surface area contributed by atoms with Gasteiger partial charge in [0.25, 0.3) is 5.91 Å². The highest BCUT2D eigenvalue weighted by Crippen LogP contribution is 2.24. The van der Waals surface area contributed by atoms with Crippen LogP contribution in [0.25, 0.3) is 5.69 Å². The van der Waals surface area contributed by atoms with Crippen LogP contribution in [0.2, 0.25) is 0 Å². The molecule has 2 heterocycles. The zero-order valence-corrected chi connectivity index (χ0v) is 12.7. The van der Waals surface area contributed by atoms with Gasteiger partial charge in [-0.2, -0.15) is 0 Å². The summed E-state index contributed by atoms with van der Waals surface area (Å²) in [5, 5.41) is 13.3. The van der Waals surface area contributed by atoms with Crippen LogP contribution in [-0.4, -0.2) is 26.1 Å². The van der Waals surface area contributed by atoms with E-state index in [4.69, 9.17) is 0 Å². The van der Waals surface area contributed by atoms with Crippen LogP contribution in [0.1, 0.15) is 9.67 Å². The zero-order valence-electron chi connectivity index (χ0n) is 10.3. The summed E-state index contributed by atoms with van der Waals surface area (Å²) in [6.07, 6.45) is 1.38. The number of nitrogens with one attached hydrogen (secondary N) is 1. The zero-order chi connectivity index (χ0) is 14.8. The molecule has 21 heavy (non-hydrogen) atoms. The SMILES string of the molecule is O=C(Nc1cc(-n2cnnn2)ccc1F)c1ccc(Br)s1. The van der Waals surface area contributed by atoms with Crippen LogP contribution in [0.4, 0.5) is 10.1 Å². The minimum atomic E-state index is -0.532. The number of carbonyl (C=O) groups excluding carboxylic acids is 1. The second-order valence-electron chi connectivity index (χ2n) is 3.98. The minimum Gasteiger partial charge on any atom is -0.319 e. The number of amides is 1. The fourth-order valence-electron chi connectivity index (χ4n) is 1.65. The Kier molecular flexibility index (Phi) is 3.76. The number of hydrogen-bond donors (Lipinski definition) is 1. The van der Waals surface area contributed by atoms with E-state index in [1.54, 1.807) is 12.1 Å². The van der Waals surface area contributed by atoms with E-state index in [1.807, 2.05) is 0 Å². The molecule has 2 aromatic heterocycles. The summed E-state index contributed by atoms with van der Waals surface area (Å²) in [6.45, 7) is 0. The molecule has 1 N–H and O–H groups in total. The van der Waals surface area contributed by atoms with Crippen molar-refractivity contribution in [3.8, 4) is 5.69 Å². The molecule has 1 aromatic carbocycles. The lowest BCUT2D eigenvalue weighted by atomic mass is 10.2. The lowest BCUT2D eigenvalue weighted by Gasteiger charge is -2.07. The molecule has 0 spiro atoms. The van der Waals surface area contributed by atoms with Crippen molar-refractivity contribution in [3.05, 3.63) is 51.1 Å². The number of tetrazole rings is 1. The van der Waals surface area contributed by atoms with Gasteiger partial charge in [-0.3, -0.25) is 4.79 Å². The highest BCUT2D eigenvalue weighted by molar-refractivity contribution is 9.11. The predicted molar refractivity (Wildman–Crippen MR) is 79.1 cm³/mol. The highest BCUT2D eigenvalue weighted by Gasteiger charge is 2.12. The first-order valence-corrected chi connectivity index (χ1v) is 7.34. The Bertz CT molecular complexity index is 789. The van der Waals surface area contributed by atoms with Crippen LogP contribution >= 0.6 is 27.3 Å². The average molecular weight is 368 g/mol. The summed E-state index contributed by atoms with van der Waals surface area (Å²) in [6, 6.07) is 7.65. The van der Waals surface area contributed by atoms with Gasteiger partial charge in [0.2, 0.25) is 0 Å². The number of anilines is 1. The molecule has 0 bridgehead atoms. The second kappa shape index (κ2) is 5.70. The van der Waals surface area contributed by atoms with Gasteiger partial charge >= 0.3 is 0 Å². The van der Waals surface area contributed by atoms with Gasteiger partial charge in [0.1, 0.15) is 12.1 Å². The largest absolute Gasteiger partial charge is 0.319 e. The normalized spacial score (nSPS) is 10.6. The first kappa shape index (κ1) is 13.8. The molecule has 9 heteroatoms. The molecule has 0 atom stereocenters. The van der Waals surface area contributed by atoms with Gasteiger partial charge in [0.15, 0.2) is 0 Å². The Morgan fingerprint density at radius 3 is 2.86 bits per heavy atom. The van der Waals surface area contributed by atoms with Gasteiger partial charge in [-0.15, -0.1) is 16.4 Å². The number of aromatic nitrogens is 4. The maximum atomic E-state index is 13.8. The average Bonchev–Trinajstić information content (AvgIpc) is 3.12. The first-order valence-electron chi connectivity index (χ1n) is 5.73. The van der Waals surface area contributed by atoms with Gasteiger partial charge in [-0.25, -0.2) is 9.07 Å². The van der Waals surface area contributed by atoms with E-state index in [1.165, 1.54) is 40.5 Å². The van der Waals surface area contributed by atoms with Gasteiger partial charge in [-0.1, -0.05) is 0 Å². The maximum absolute atomic E-state index is 13.8. The van der Waals surface area contributed by atoms with Crippen molar-refractivity contribution in [2.75, 3.05) is 5.32 Å². The van der Waals surface area contributed by atoms with Crippen LogP contribution < -0.4 is 5.32 Å². The Balaban J connectivity index is 1.88. The van der Waals surface area contributed by atoms with Crippen LogP contribution in [0.3, 0.4) is 0 Å².